The number of alkyl halides is 3. The van der Waals surface area contributed by atoms with Gasteiger partial charge in [-0.3, -0.25) is 10.1 Å². The molecule has 1 rings (SSSR count). The zero-order chi connectivity index (χ0) is 14.1. The van der Waals surface area contributed by atoms with Crippen molar-refractivity contribution in [2.24, 2.45) is 0 Å². The number of carboxylic acids is 1. The highest BCUT2D eigenvalue weighted by atomic mass is 127. The number of rotatable bonds is 3. The monoisotopic (exact) mass is 378 g/mol. The Bertz CT molecular complexity index is 519. The van der Waals surface area contributed by atoms with Gasteiger partial charge in [0.1, 0.15) is 0 Å². The molecular weight excluding hydrogens is 376 g/mol. The maximum absolute atomic E-state index is 12.0. The smallest absolute Gasteiger partial charge is 0.477 e. The SMILES string of the molecule is O=C(O)c1cc([N+](=O)[O-])c(I)c(OC(F)(F)F)n1. The summed E-state index contributed by atoms with van der Waals surface area (Å²) in [5, 5.41) is 19.1. The maximum atomic E-state index is 12.0. The Morgan fingerprint density at radius 1 is 1.56 bits per heavy atom. The molecule has 0 aliphatic carbocycles. The van der Waals surface area contributed by atoms with Gasteiger partial charge in [0.15, 0.2) is 9.26 Å². The normalized spacial score (nSPS) is 11.1. The minimum Gasteiger partial charge on any atom is -0.477 e. The fraction of sp³-hybridized carbons (Fsp3) is 0.143. The molecule has 0 saturated heterocycles. The van der Waals surface area contributed by atoms with Gasteiger partial charge in [0, 0.05) is 0 Å². The summed E-state index contributed by atoms with van der Waals surface area (Å²) >= 11 is 1.21. The van der Waals surface area contributed by atoms with Crippen molar-refractivity contribution in [1.82, 2.24) is 4.98 Å². The second kappa shape index (κ2) is 4.91. The molecule has 1 aromatic rings. The van der Waals surface area contributed by atoms with Crippen molar-refractivity contribution in [3.05, 3.63) is 25.4 Å². The second-order valence-electron chi connectivity index (χ2n) is 2.76. The summed E-state index contributed by atoms with van der Waals surface area (Å²) in [6.07, 6.45) is -5.13. The molecule has 0 radical (unpaired) electrons. The summed E-state index contributed by atoms with van der Waals surface area (Å²) < 4.78 is 38.9. The van der Waals surface area contributed by atoms with Crippen LogP contribution in [0.4, 0.5) is 18.9 Å². The molecule has 0 aromatic carbocycles. The molecule has 0 unspecified atom stereocenters. The topological polar surface area (TPSA) is 103 Å². The van der Waals surface area contributed by atoms with Gasteiger partial charge in [-0.25, -0.2) is 9.78 Å². The van der Waals surface area contributed by atoms with Gasteiger partial charge in [0.25, 0.3) is 5.69 Å². The average molecular weight is 378 g/mol. The molecule has 7 nitrogen and oxygen atoms in total. The third kappa shape index (κ3) is 3.41. The van der Waals surface area contributed by atoms with Gasteiger partial charge >= 0.3 is 12.3 Å². The van der Waals surface area contributed by atoms with E-state index in [2.05, 4.69) is 9.72 Å². The zero-order valence-corrected chi connectivity index (χ0v) is 10.2. The molecule has 1 N–H and O–H groups in total. The maximum Gasteiger partial charge on any atom is 0.574 e. The third-order valence-corrected chi connectivity index (χ3v) is 2.55. The number of carboxylic acid groups (broad SMARTS) is 1. The lowest BCUT2D eigenvalue weighted by Gasteiger charge is -2.10. The van der Waals surface area contributed by atoms with Crippen LogP contribution >= 0.6 is 22.6 Å². The van der Waals surface area contributed by atoms with Gasteiger partial charge in [0.05, 0.1) is 11.0 Å². The molecule has 98 valence electrons. The van der Waals surface area contributed by atoms with E-state index in [0.717, 1.165) is 0 Å². The van der Waals surface area contributed by atoms with E-state index in [9.17, 15) is 28.1 Å². The Kier molecular flexibility index (Phi) is 3.93. The number of carbonyl (C=O) groups is 1. The minimum absolute atomic E-state index is 0.542. The van der Waals surface area contributed by atoms with Gasteiger partial charge in [-0.1, -0.05) is 0 Å². The summed E-state index contributed by atoms with van der Waals surface area (Å²) in [5.41, 5.74) is -1.75. The molecule has 0 fully saturated rings. The number of aromatic nitrogens is 1. The lowest BCUT2D eigenvalue weighted by Crippen LogP contribution is -2.20. The molecule has 0 aliphatic heterocycles. The van der Waals surface area contributed by atoms with E-state index < -0.39 is 38.1 Å². The largest absolute Gasteiger partial charge is 0.574 e. The minimum atomic E-state index is -5.13. The fourth-order valence-corrected chi connectivity index (χ4v) is 1.50. The molecule has 1 aromatic heterocycles. The quantitative estimate of drug-likeness (QED) is 0.492. The van der Waals surface area contributed by atoms with Crippen LogP contribution in [0.25, 0.3) is 0 Å². The average Bonchev–Trinajstić information content (AvgIpc) is 2.18. The van der Waals surface area contributed by atoms with Crippen LogP contribution in [0.1, 0.15) is 10.5 Å². The molecular formula is C7H2F3IN2O5. The standard InChI is InChI=1S/C7H2F3IN2O5/c8-7(9,10)18-5-4(11)3(13(16)17)1-2(12-5)6(14)15/h1H,(H,14,15). The van der Waals surface area contributed by atoms with Crippen LogP contribution in [0.3, 0.4) is 0 Å². The van der Waals surface area contributed by atoms with E-state index in [1.807, 2.05) is 0 Å². The number of nitro groups is 1. The third-order valence-electron chi connectivity index (χ3n) is 1.54. The highest BCUT2D eigenvalue weighted by molar-refractivity contribution is 14.1. The first kappa shape index (κ1) is 14.4. The van der Waals surface area contributed by atoms with Crippen LogP contribution in [0.5, 0.6) is 5.88 Å². The van der Waals surface area contributed by atoms with Crippen molar-refractivity contribution in [1.29, 1.82) is 0 Å². The van der Waals surface area contributed by atoms with E-state index in [4.69, 9.17) is 5.11 Å². The van der Waals surface area contributed by atoms with Crippen molar-refractivity contribution in [3.8, 4) is 5.88 Å². The number of hydrogen-bond donors (Lipinski definition) is 1. The van der Waals surface area contributed by atoms with Gasteiger partial charge in [-0.05, 0) is 22.6 Å². The van der Waals surface area contributed by atoms with Crippen LogP contribution < -0.4 is 4.74 Å². The van der Waals surface area contributed by atoms with Crippen molar-refractivity contribution in [3.63, 3.8) is 0 Å². The van der Waals surface area contributed by atoms with Gasteiger partial charge in [-0.15, -0.1) is 13.2 Å². The number of ether oxygens (including phenoxy) is 1. The highest BCUT2D eigenvalue weighted by Crippen LogP contribution is 2.32. The van der Waals surface area contributed by atoms with Crippen molar-refractivity contribution in [2.45, 2.75) is 6.36 Å². The molecule has 11 heteroatoms. The number of aromatic carboxylic acids is 1. The predicted octanol–water partition coefficient (Wildman–Crippen LogP) is 2.19. The summed E-state index contributed by atoms with van der Waals surface area (Å²) in [4.78, 5) is 23.2. The molecule has 0 atom stereocenters. The van der Waals surface area contributed by atoms with Crippen LogP contribution in [0.2, 0.25) is 0 Å². The summed E-state index contributed by atoms with van der Waals surface area (Å²) in [6, 6.07) is 0.549. The molecule has 1 heterocycles. The summed E-state index contributed by atoms with van der Waals surface area (Å²) in [6.45, 7) is 0. The van der Waals surface area contributed by atoms with Gasteiger partial charge in [-0.2, -0.15) is 0 Å². The van der Waals surface area contributed by atoms with Crippen LogP contribution in [0.15, 0.2) is 6.07 Å². The summed E-state index contributed by atoms with van der Waals surface area (Å²) in [7, 11) is 0. The Hall–Kier alpha value is -1.66. The number of pyridine rings is 1. The van der Waals surface area contributed by atoms with Crippen LogP contribution in [-0.4, -0.2) is 27.3 Å². The Morgan fingerprint density at radius 2 is 2.11 bits per heavy atom. The Morgan fingerprint density at radius 3 is 2.50 bits per heavy atom. The van der Waals surface area contributed by atoms with E-state index in [-0.39, 0.29) is 0 Å². The van der Waals surface area contributed by atoms with Crippen molar-refractivity contribution >= 4 is 34.2 Å². The second-order valence-corrected chi connectivity index (χ2v) is 3.83. The lowest BCUT2D eigenvalue weighted by atomic mass is 10.3. The fourth-order valence-electron chi connectivity index (χ4n) is 0.913. The Labute approximate surface area is 110 Å². The molecule has 0 amide bonds. The van der Waals surface area contributed by atoms with E-state index in [1.165, 1.54) is 22.6 Å². The molecule has 0 bridgehead atoms. The van der Waals surface area contributed by atoms with Crippen LogP contribution in [-0.2, 0) is 0 Å². The molecule has 0 aliphatic rings. The number of hydrogen-bond acceptors (Lipinski definition) is 5. The highest BCUT2D eigenvalue weighted by Gasteiger charge is 2.35. The van der Waals surface area contributed by atoms with E-state index >= 15 is 0 Å². The van der Waals surface area contributed by atoms with Gasteiger partial charge < -0.3 is 9.84 Å². The summed E-state index contributed by atoms with van der Waals surface area (Å²) in [5.74, 6) is -2.88. The van der Waals surface area contributed by atoms with Crippen molar-refractivity contribution in [2.75, 3.05) is 0 Å². The molecule has 0 spiro atoms. The van der Waals surface area contributed by atoms with Gasteiger partial charge in [0.2, 0.25) is 5.88 Å². The first-order chi connectivity index (χ1) is 8.11. The number of nitrogens with zero attached hydrogens (tertiary/aromatic N) is 2. The van der Waals surface area contributed by atoms with E-state index in [1.54, 1.807) is 0 Å². The van der Waals surface area contributed by atoms with Crippen molar-refractivity contribution < 1.29 is 32.7 Å². The van der Waals surface area contributed by atoms with E-state index in [0.29, 0.717) is 6.07 Å². The lowest BCUT2D eigenvalue weighted by molar-refractivity contribution is -0.386. The molecule has 18 heavy (non-hydrogen) atoms. The number of halogens is 4. The predicted molar refractivity (Wildman–Crippen MR) is 57.3 cm³/mol. The first-order valence-corrected chi connectivity index (χ1v) is 5.03. The van der Waals surface area contributed by atoms with Crippen LogP contribution in [0, 0.1) is 13.7 Å². The molecule has 0 saturated carbocycles. The zero-order valence-electron chi connectivity index (χ0n) is 8.06. The Balaban J connectivity index is 3.40. The first-order valence-electron chi connectivity index (χ1n) is 3.96.